The Bertz CT molecular complexity index is 669. The first-order chi connectivity index (χ1) is 9.74. The van der Waals surface area contributed by atoms with Crippen LogP contribution in [0.4, 0.5) is 0 Å². The number of rotatable bonds is 5. The van der Waals surface area contributed by atoms with Gasteiger partial charge < -0.3 is 9.05 Å². The Hall–Kier alpha value is -1.60. The number of nitrogens with zero attached hydrogens (tertiary/aromatic N) is 3. The number of thiophene rings is 1. The molecule has 104 valence electrons. The molecule has 0 radical (unpaired) electrons. The highest BCUT2D eigenvalue weighted by Gasteiger charge is 2.12. The topological polar surface area (TPSA) is 65.0 Å². The summed E-state index contributed by atoms with van der Waals surface area (Å²) in [6.45, 7) is 3.88. The summed E-state index contributed by atoms with van der Waals surface area (Å²) in [5.74, 6) is 3.73. The van der Waals surface area contributed by atoms with Gasteiger partial charge in [0.1, 0.15) is 5.76 Å². The minimum absolute atomic E-state index is 0.591. The summed E-state index contributed by atoms with van der Waals surface area (Å²) < 4.78 is 10.4. The van der Waals surface area contributed by atoms with Gasteiger partial charge in [0, 0.05) is 11.3 Å². The molecule has 3 heterocycles. The van der Waals surface area contributed by atoms with Gasteiger partial charge in [0.2, 0.25) is 0 Å². The van der Waals surface area contributed by atoms with E-state index in [4.69, 9.17) is 9.05 Å². The van der Waals surface area contributed by atoms with E-state index in [0.717, 1.165) is 27.6 Å². The molecule has 0 saturated heterocycles. The summed E-state index contributed by atoms with van der Waals surface area (Å²) in [5, 5.41) is 9.93. The fourth-order valence-electron chi connectivity index (χ4n) is 1.77. The molecule has 0 aliphatic carbocycles. The maximum Gasteiger partial charge on any atom is 0.268 e. The maximum atomic E-state index is 5.25. The fourth-order valence-corrected chi connectivity index (χ4v) is 3.43. The van der Waals surface area contributed by atoms with Gasteiger partial charge in [0.05, 0.1) is 16.3 Å². The van der Waals surface area contributed by atoms with E-state index in [9.17, 15) is 0 Å². The zero-order valence-corrected chi connectivity index (χ0v) is 12.8. The fraction of sp³-hybridized carbons (Fsp3) is 0.308. The largest absolute Gasteiger partial charge is 0.361 e. The molecule has 0 aliphatic heterocycles. The van der Waals surface area contributed by atoms with Crippen LogP contribution in [0.2, 0.25) is 0 Å². The molecule has 3 aromatic rings. The minimum Gasteiger partial charge on any atom is -0.361 e. The van der Waals surface area contributed by atoms with Gasteiger partial charge in [-0.1, -0.05) is 16.4 Å². The number of thioether (sulfide) groups is 1. The molecule has 3 aromatic heterocycles. The van der Waals surface area contributed by atoms with Crippen LogP contribution in [-0.2, 0) is 11.5 Å². The normalized spacial score (nSPS) is 11.1. The molecule has 0 spiro atoms. The molecule has 5 nitrogen and oxygen atoms in total. The van der Waals surface area contributed by atoms with Crippen molar-refractivity contribution in [2.24, 2.45) is 0 Å². The second-order valence-corrected chi connectivity index (χ2v) is 6.22. The van der Waals surface area contributed by atoms with Crippen molar-refractivity contribution in [2.75, 3.05) is 0 Å². The van der Waals surface area contributed by atoms with Crippen LogP contribution in [0.15, 0.2) is 26.6 Å². The molecule has 3 rings (SSSR count). The minimum atomic E-state index is 0.591. The molecule has 0 unspecified atom stereocenters. The van der Waals surface area contributed by atoms with Crippen LogP contribution >= 0.6 is 23.1 Å². The molecule has 0 atom stereocenters. The molecular formula is C13H13N3O2S2. The van der Waals surface area contributed by atoms with Crippen molar-refractivity contribution in [3.8, 4) is 10.8 Å². The Morgan fingerprint density at radius 2 is 2.10 bits per heavy atom. The lowest BCUT2D eigenvalue weighted by Crippen LogP contribution is -1.88. The van der Waals surface area contributed by atoms with Crippen molar-refractivity contribution in [2.45, 2.75) is 25.4 Å². The number of hydrogen-bond acceptors (Lipinski definition) is 7. The van der Waals surface area contributed by atoms with Crippen LogP contribution < -0.4 is 0 Å². The third-order valence-corrected chi connectivity index (χ3v) is 4.67. The van der Waals surface area contributed by atoms with Crippen LogP contribution in [0.3, 0.4) is 0 Å². The van der Waals surface area contributed by atoms with Crippen molar-refractivity contribution < 1.29 is 9.05 Å². The Kier molecular flexibility index (Phi) is 3.88. The summed E-state index contributed by atoms with van der Waals surface area (Å²) in [7, 11) is 0. The van der Waals surface area contributed by atoms with Crippen LogP contribution in [0.1, 0.15) is 22.8 Å². The molecule has 7 heteroatoms. The standard InChI is InChI=1S/C13H13N3O2S2/c1-8-10(9(2)17-15-8)6-19-7-12-14-13(18-16-12)11-4-3-5-20-11/h3-5H,6-7H2,1-2H3. The van der Waals surface area contributed by atoms with Crippen LogP contribution in [0.25, 0.3) is 10.8 Å². The molecule has 0 saturated carbocycles. The lowest BCUT2D eigenvalue weighted by molar-refractivity contribution is 0.392. The van der Waals surface area contributed by atoms with Gasteiger partial charge in [-0.2, -0.15) is 4.98 Å². The highest BCUT2D eigenvalue weighted by atomic mass is 32.2. The smallest absolute Gasteiger partial charge is 0.268 e. The predicted molar refractivity (Wildman–Crippen MR) is 78.6 cm³/mol. The van der Waals surface area contributed by atoms with Crippen molar-refractivity contribution >= 4 is 23.1 Å². The summed E-state index contributed by atoms with van der Waals surface area (Å²) in [4.78, 5) is 5.39. The first kappa shape index (κ1) is 13.4. The molecule has 0 N–H and O–H groups in total. The maximum absolute atomic E-state index is 5.25. The van der Waals surface area contributed by atoms with Crippen LogP contribution in [-0.4, -0.2) is 15.3 Å². The summed E-state index contributed by atoms with van der Waals surface area (Å²) >= 11 is 3.31. The van der Waals surface area contributed by atoms with Crippen molar-refractivity contribution in [3.05, 3.63) is 40.4 Å². The molecule has 0 fully saturated rings. The first-order valence-corrected chi connectivity index (χ1v) is 8.13. The van der Waals surface area contributed by atoms with Crippen molar-refractivity contribution in [1.29, 1.82) is 0 Å². The van der Waals surface area contributed by atoms with E-state index in [1.165, 1.54) is 0 Å². The molecular weight excluding hydrogens is 294 g/mol. The Morgan fingerprint density at radius 3 is 2.80 bits per heavy atom. The number of aromatic nitrogens is 3. The van der Waals surface area contributed by atoms with E-state index < -0.39 is 0 Å². The first-order valence-electron chi connectivity index (χ1n) is 6.10. The highest BCUT2D eigenvalue weighted by Crippen LogP contribution is 2.25. The van der Waals surface area contributed by atoms with E-state index in [1.807, 2.05) is 31.4 Å². The summed E-state index contributed by atoms with van der Waals surface area (Å²) in [5.41, 5.74) is 2.10. The second-order valence-electron chi connectivity index (χ2n) is 4.29. The van der Waals surface area contributed by atoms with E-state index in [-0.39, 0.29) is 0 Å². The average molecular weight is 307 g/mol. The van der Waals surface area contributed by atoms with Crippen LogP contribution in [0, 0.1) is 13.8 Å². The second kappa shape index (κ2) is 5.80. The van der Waals surface area contributed by atoms with Crippen molar-refractivity contribution in [1.82, 2.24) is 15.3 Å². The van der Waals surface area contributed by atoms with E-state index in [1.54, 1.807) is 23.1 Å². The Balaban J connectivity index is 1.59. The van der Waals surface area contributed by atoms with Gasteiger partial charge in [-0.25, -0.2) is 0 Å². The SMILES string of the molecule is Cc1noc(C)c1CSCc1noc(-c2cccs2)n1. The van der Waals surface area contributed by atoms with Crippen molar-refractivity contribution in [3.63, 3.8) is 0 Å². The Morgan fingerprint density at radius 1 is 1.20 bits per heavy atom. The van der Waals surface area contributed by atoms with Gasteiger partial charge in [-0.3, -0.25) is 0 Å². The molecule has 0 aromatic carbocycles. The van der Waals surface area contributed by atoms with Gasteiger partial charge in [0.15, 0.2) is 5.82 Å². The van der Waals surface area contributed by atoms with Gasteiger partial charge >= 0.3 is 0 Å². The average Bonchev–Trinajstić information content (AvgIpc) is 3.14. The lowest BCUT2D eigenvalue weighted by atomic mass is 10.2. The third kappa shape index (κ3) is 2.78. The highest BCUT2D eigenvalue weighted by molar-refractivity contribution is 7.97. The van der Waals surface area contributed by atoms with E-state index >= 15 is 0 Å². The molecule has 0 aliphatic rings. The van der Waals surface area contributed by atoms with E-state index in [2.05, 4.69) is 15.3 Å². The van der Waals surface area contributed by atoms with Gasteiger partial charge in [-0.05, 0) is 25.3 Å². The third-order valence-electron chi connectivity index (χ3n) is 2.86. The number of hydrogen-bond donors (Lipinski definition) is 0. The quantitative estimate of drug-likeness (QED) is 0.713. The molecule has 0 bridgehead atoms. The van der Waals surface area contributed by atoms with Crippen LogP contribution in [0.5, 0.6) is 0 Å². The summed E-state index contributed by atoms with van der Waals surface area (Å²) in [6, 6.07) is 3.94. The summed E-state index contributed by atoms with van der Waals surface area (Å²) in [6.07, 6.45) is 0. The van der Waals surface area contributed by atoms with Gasteiger partial charge in [0.25, 0.3) is 5.89 Å². The molecule has 20 heavy (non-hydrogen) atoms. The predicted octanol–water partition coefficient (Wildman–Crippen LogP) is 3.84. The Labute approximate surface area is 124 Å². The monoisotopic (exact) mass is 307 g/mol. The molecule has 0 amide bonds. The lowest BCUT2D eigenvalue weighted by Gasteiger charge is -1.97. The van der Waals surface area contributed by atoms with Gasteiger partial charge in [-0.15, -0.1) is 23.1 Å². The number of aryl methyl sites for hydroxylation is 2. The zero-order valence-electron chi connectivity index (χ0n) is 11.1. The van der Waals surface area contributed by atoms with E-state index in [0.29, 0.717) is 17.5 Å². The zero-order chi connectivity index (χ0) is 13.9.